The number of fused-ring (bicyclic) bond motifs is 1. The number of carbonyl (C=O) groups excluding carboxylic acids is 3. The lowest BCUT2D eigenvalue weighted by atomic mass is 9.87. The smallest absolute Gasteiger partial charge is 0.255 e. The van der Waals surface area contributed by atoms with Crippen molar-refractivity contribution >= 4 is 17.7 Å². The molecule has 0 saturated carbocycles. The van der Waals surface area contributed by atoms with Gasteiger partial charge in [-0.3, -0.25) is 24.6 Å². The van der Waals surface area contributed by atoms with E-state index in [9.17, 15) is 14.4 Å². The summed E-state index contributed by atoms with van der Waals surface area (Å²) in [5, 5.41) is 6.56. The molecule has 3 aliphatic rings. The third-order valence-corrected chi connectivity index (χ3v) is 7.78. The van der Waals surface area contributed by atoms with Gasteiger partial charge in [0.15, 0.2) is 0 Å². The highest BCUT2D eigenvalue weighted by atomic mass is 19.1. The van der Waals surface area contributed by atoms with E-state index in [0.717, 1.165) is 43.7 Å². The minimum Gasteiger partial charge on any atom is -0.322 e. The Bertz CT molecular complexity index is 1350. The molecule has 0 spiro atoms. The van der Waals surface area contributed by atoms with Gasteiger partial charge in [0.2, 0.25) is 11.8 Å². The van der Waals surface area contributed by atoms with E-state index in [1.54, 1.807) is 6.20 Å². The highest BCUT2D eigenvalue weighted by molar-refractivity contribution is 6.05. The van der Waals surface area contributed by atoms with Crippen molar-refractivity contribution < 1.29 is 18.8 Å². The number of imide groups is 1. The molecule has 190 valence electrons. The lowest BCUT2D eigenvalue weighted by molar-refractivity contribution is -0.136. The average Bonchev–Trinajstić information content (AvgIpc) is 3.54. The Morgan fingerprint density at radius 2 is 1.81 bits per heavy atom. The molecule has 6 rings (SSSR count). The fourth-order valence-corrected chi connectivity index (χ4v) is 5.76. The number of aromatic nitrogens is 2. The lowest BCUT2D eigenvalue weighted by Crippen LogP contribution is -2.52. The second kappa shape index (κ2) is 9.55. The molecule has 2 aromatic carbocycles. The number of rotatable bonds is 5. The largest absolute Gasteiger partial charge is 0.322 e. The standard InChI is InChI=1S/C28H28FN5O3/c29-24-15-23-20(17-33(28(23)37)25-6-7-26(35)31-27(25)36)14-22(24)19-8-12-32(13-9-19)16-18-2-4-21(5-3-18)34-11-1-10-30-34/h1-5,10-11,14-15,19,25H,6-9,12-13,16-17H2,(H,31,35,36). The van der Waals surface area contributed by atoms with Gasteiger partial charge in [0, 0.05) is 37.5 Å². The number of carbonyl (C=O) groups is 3. The van der Waals surface area contributed by atoms with Gasteiger partial charge in [-0.25, -0.2) is 9.07 Å². The van der Waals surface area contributed by atoms with Crippen LogP contribution in [0.25, 0.3) is 5.69 Å². The summed E-state index contributed by atoms with van der Waals surface area (Å²) in [7, 11) is 0. The third-order valence-electron chi connectivity index (χ3n) is 7.78. The maximum Gasteiger partial charge on any atom is 0.255 e. The highest BCUT2D eigenvalue weighted by Gasteiger charge is 2.40. The van der Waals surface area contributed by atoms with Crippen LogP contribution in [0.2, 0.25) is 0 Å². The number of piperidine rings is 2. The zero-order valence-corrected chi connectivity index (χ0v) is 20.4. The summed E-state index contributed by atoms with van der Waals surface area (Å²) in [6.45, 7) is 2.84. The topological polar surface area (TPSA) is 87.5 Å². The van der Waals surface area contributed by atoms with Crippen molar-refractivity contribution in [2.75, 3.05) is 13.1 Å². The van der Waals surface area contributed by atoms with Gasteiger partial charge in [-0.15, -0.1) is 0 Å². The number of nitrogens with zero attached hydrogens (tertiary/aromatic N) is 4. The van der Waals surface area contributed by atoms with Crippen LogP contribution in [0.5, 0.6) is 0 Å². The predicted octanol–water partition coefficient (Wildman–Crippen LogP) is 3.15. The van der Waals surface area contributed by atoms with Crippen molar-refractivity contribution in [1.82, 2.24) is 24.9 Å². The summed E-state index contributed by atoms with van der Waals surface area (Å²) in [5.41, 5.74) is 3.98. The van der Waals surface area contributed by atoms with Crippen LogP contribution in [0.4, 0.5) is 4.39 Å². The Hall–Kier alpha value is -3.85. The van der Waals surface area contributed by atoms with Crippen LogP contribution in [-0.4, -0.2) is 56.4 Å². The highest BCUT2D eigenvalue weighted by Crippen LogP contribution is 2.35. The monoisotopic (exact) mass is 501 g/mol. The van der Waals surface area contributed by atoms with Crippen molar-refractivity contribution in [1.29, 1.82) is 0 Å². The molecule has 1 unspecified atom stereocenters. The van der Waals surface area contributed by atoms with Crippen LogP contribution in [0.15, 0.2) is 54.9 Å². The molecule has 9 heteroatoms. The van der Waals surface area contributed by atoms with Crippen LogP contribution in [0, 0.1) is 5.82 Å². The van der Waals surface area contributed by atoms with Gasteiger partial charge >= 0.3 is 0 Å². The molecule has 0 bridgehead atoms. The molecule has 3 aliphatic heterocycles. The third kappa shape index (κ3) is 4.55. The first-order valence-corrected chi connectivity index (χ1v) is 12.7. The van der Waals surface area contributed by atoms with E-state index in [1.807, 2.05) is 23.0 Å². The molecule has 4 heterocycles. The van der Waals surface area contributed by atoms with Gasteiger partial charge in [-0.1, -0.05) is 18.2 Å². The van der Waals surface area contributed by atoms with E-state index < -0.39 is 11.9 Å². The second-order valence-corrected chi connectivity index (χ2v) is 10.1. The quantitative estimate of drug-likeness (QED) is 0.543. The van der Waals surface area contributed by atoms with Gasteiger partial charge in [0.25, 0.3) is 5.91 Å². The van der Waals surface area contributed by atoms with E-state index >= 15 is 4.39 Å². The molecule has 2 saturated heterocycles. The lowest BCUT2D eigenvalue weighted by Gasteiger charge is -2.32. The van der Waals surface area contributed by atoms with Crippen LogP contribution < -0.4 is 5.32 Å². The van der Waals surface area contributed by atoms with Crippen molar-refractivity contribution in [3.05, 3.63) is 82.9 Å². The van der Waals surface area contributed by atoms with Crippen molar-refractivity contribution in [2.45, 2.75) is 50.7 Å². The maximum atomic E-state index is 15.2. The first-order valence-electron chi connectivity index (χ1n) is 12.7. The predicted molar refractivity (Wildman–Crippen MR) is 133 cm³/mol. The zero-order valence-electron chi connectivity index (χ0n) is 20.4. The number of benzene rings is 2. The minimum absolute atomic E-state index is 0.0866. The molecule has 1 N–H and O–H groups in total. The van der Waals surface area contributed by atoms with Crippen molar-refractivity contribution in [2.24, 2.45) is 0 Å². The summed E-state index contributed by atoms with van der Waals surface area (Å²) < 4.78 is 17.0. The van der Waals surface area contributed by atoms with E-state index in [1.165, 1.54) is 16.5 Å². The van der Waals surface area contributed by atoms with E-state index in [-0.39, 0.29) is 36.5 Å². The molecule has 37 heavy (non-hydrogen) atoms. The van der Waals surface area contributed by atoms with Gasteiger partial charge in [0.05, 0.1) is 5.69 Å². The first kappa shape index (κ1) is 23.5. The molecule has 1 atom stereocenters. The van der Waals surface area contributed by atoms with Crippen LogP contribution in [0.1, 0.15) is 58.6 Å². The number of hydrogen-bond acceptors (Lipinski definition) is 5. The van der Waals surface area contributed by atoms with Crippen molar-refractivity contribution in [3.63, 3.8) is 0 Å². The van der Waals surface area contributed by atoms with Gasteiger partial charge in [-0.2, -0.15) is 5.10 Å². The number of nitrogens with one attached hydrogen (secondary N) is 1. The van der Waals surface area contributed by atoms with Crippen molar-refractivity contribution in [3.8, 4) is 5.69 Å². The number of likely N-dealkylation sites (tertiary alicyclic amines) is 1. The molecule has 8 nitrogen and oxygen atoms in total. The number of amides is 3. The fourth-order valence-electron chi connectivity index (χ4n) is 5.76. The number of hydrogen-bond donors (Lipinski definition) is 1. The molecular formula is C28H28FN5O3. The molecule has 1 aromatic heterocycles. The Kier molecular flexibility index (Phi) is 6.08. The normalized spacial score (nSPS) is 20.8. The second-order valence-electron chi connectivity index (χ2n) is 10.1. The van der Waals surface area contributed by atoms with Crippen LogP contribution in [0.3, 0.4) is 0 Å². The van der Waals surface area contributed by atoms with Crippen LogP contribution >= 0.6 is 0 Å². The zero-order chi connectivity index (χ0) is 25.5. The van der Waals surface area contributed by atoms with E-state index in [2.05, 4.69) is 39.6 Å². The molecule has 0 radical (unpaired) electrons. The summed E-state index contributed by atoms with van der Waals surface area (Å²) in [5.74, 6) is -1.39. The molecular weight excluding hydrogens is 473 g/mol. The minimum atomic E-state index is -0.694. The Labute approximate surface area is 214 Å². The van der Waals surface area contributed by atoms with E-state index in [0.29, 0.717) is 17.5 Å². The summed E-state index contributed by atoms with van der Waals surface area (Å²) in [6.07, 6.45) is 5.85. The maximum absolute atomic E-state index is 15.2. The molecule has 0 aliphatic carbocycles. The number of halogens is 1. The van der Waals surface area contributed by atoms with Gasteiger partial charge in [-0.05, 0) is 79.2 Å². The van der Waals surface area contributed by atoms with Crippen LogP contribution in [-0.2, 0) is 22.7 Å². The van der Waals surface area contributed by atoms with E-state index in [4.69, 9.17) is 0 Å². The summed E-state index contributed by atoms with van der Waals surface area (Å²) in [4.78, 5) is 40.6. The van der Waals surface area contributed by atoms with Gasteiger partial charge < -0.3 is 4.90 Å². The summed E-state index contributed by atoms with van der Waals surface area (Å²) in [6, 6.07) is 12.7. The SMILES string of the molecule is O=C1CCC(N2Cc3cc(C4CCN(Cc5ccc(-n6cccn6)cc5)CC4)c(F)cc3C2=O)C(=O)N1. The average molecular weight is 502 g/mol. The summed E-state index contributed by atoms with van der Waals surface area (Å²) >= 11 is 0. The fraction of sp³-hybridized carbons (Fsp3) is 0.357. The molecule has 2 fully saturated rings. The Balaban J connectivity index is 1.09. The first-order chi connectivity index (χ1) is 18.0. The molecule has 3 amide bonds. The Morgan fingerprint density at radius 3 is 2.51 bits per heavy atom. The molecule has 3 aromatic rings. The Morgan fingerprint density at radius 1 is 1.03 bits per heavy atom. The van der Waals surface area contributed by atoms with Gasteiger partial charge in [0.1, 0.15) is 11.9 Å².